The zero-order valence-electron chi connectivity index (χ0n) is 10.9. The average molecular weight is 336 g/mol. The SMILES string of the molecule is Fc1ccc(Br)c2c1CNCC(Cc1ccccc1)O2. The molecule has 0 fully saturated rings. The molecule has 0 amide bonds. The van der Waals surface area contributed by atoms with E-state index in [9.17, 15) is 4.39 Å². The molecule has 0 bridgehead atoms. The summed E-state index contributed by atoms with van der Waals surface area (Å²) in [7, 11) is 0. The molecule has 0 radical (unpaired) electrons. The number of ether oxygens (including phenoxy) is 1. The molecule has 4 heteroatoms. The summed E-state index contributed by atoms with van der Waals surface area (Å²) in [6, 6.07) is 13.3. The third-order valence-corrected chi connectivity index (χ3v) is 4.04. The molecule has 1 unspecified atom stereocenters. The van der Waals surface area contributed by atoms with E-state index in [-0.39, 0.29) is 11.9 Å². The van der Waals surface area contributed by atoms with Crippen LogP contribution in [-0.2, 0) is 13.0 Å². The second-order valence-electron chi connectivity index (χ2n) is 4.90. The second kappa shape index (κ2) is 5.94. The van der Waals surface area contributed by atoms with Crippen molar-refractivity contribution in [3.8, 4) is 5.75 Å². The summed E-state index contributed by atoms with van der Waals surface area (Å²) in [5, 5.41) is 3.26. The molecule has 104 valence electrons. The van der Waals surface area contributed by atoms with Crippen molar-refractivity contribution in [2.24, 2.45) is 0 Å². The van der Waals surface area contributed by atoms with Crippen molar-refractivity contribution in [2.75, 3.05) is 6.54 Å². The van der Waals surface area contributed by atoms with Crippen molar-refractivity contribution in [1.82, 2.24) is 5.32 Å². The van der Waals surface area contributed by atoms with Gasteiger partial charge >= 0.3 is 0 Å². The molecule has 1 heterocycles. The van der Waals surface area contributed by atoms with Crippen LogP contribution in [0.1, 0.15) is 11.1 Å². The highest BCUT2D eigenvalue weighted by Crippen LogP contribution is 2.33. The Labute approximate surface area is 126 Å². The van der Waals surface area contributed by atoms with Gasteiger partial charge in [-0.3, -0.25) is 0 Å². The number of hydrogen-bond acceptors (Lipinski definition) is 2. The topological polar surface area (TPSA) is 21.3 Å². The van der Waals surface area contributed by atoms with Crippen LogP contribution in [0.5, 0.6) is 5.75 Å². The number of halogens is 2. The summed E-state index contributed by atoms with van der Waals surface area (Å²) >= 11 is 3.44. The lowest BCUT2D eigenvalue weighted by Crippen LogP contribution is -2.30. The zero-order chi connectivity index (χ0) is 13.9. The Kier molecular flexibility index (Phi) is 4.03. The lowest BCUT2D eigenvalue weighted by molar-refractivity contribution is 0.205. The first-order valence-corrected chi connectivity index (χ1v) is 7.41. The number of fused-ring (bicyclic) bond motifs is 1. The Morgan fingerprint density at radius 2 is 2.00 bits per heavy atom. The first-order chi connectivity index (χ1) is 9.74. The van der Waals surface area contributed by atoms with Crippen LogP contribution in [0.2, 0.25) is 0 Å². The Balaban J connectivity index is 1.84. The Morgan fingerprint density at radius 3 is 2.80 bits per heavy atom. The quantitative estimate of drug-likeness (QED) is 0.903. The smallest absolute Gasteiger partial charge is 0.141 e. The van der Waals surface area contributed by atoms with Gasteiger partial charge < -0.3 is 10.1 Å². The van der Waals surface area contributed by atoms with E-state index in [2.05, 4.69) is 33.4 Å². The van der Waals surface area contributed by atoms with E-state index in [1.165, 1.54) is 11.6 Å². The summed E-state index contributed by atoms with van der Waals surface area (Å²) in [5.41, 5.74) is 1.81. The van der Waals surface area contributed by atoms with E-state index in [4.69, 9.17) is 4.74 Å². The third kappa shape index (κ3) is 2.86. The van der Waals surface area contributed by atoms with Crippen molar-refractivity contribution in [3.05, 3.63) is 63.9 Å². The highest BCUT2D eigenvalue weighted by molar-refractivity contribution is 9.10. The molecule has 2 aromatic rings. The molecule has 0 saturated heterocycles. The molecule has 0 aromatic heterocycles. The van der Waals surface area contributed by atoms with Gasteiger partial charge in [0.1, 0.15) is 17.7 Å². The van der Waals surface area contributed by atoms with Crippen molar-refractivity contribution < 1.29 is 9.13 Å². The number of benzene rings is 2. The van der Waals surface area contributed by atoms with E-state index in [0.717, 1.165) is 10.9 Å². The molecular weight excluding hydrogens is 321 g/mol. The molecule has 1 aliphatic rings. The second-order valence-corrected chi connectivity index (χ2v) is 5.75. The zero-order valence-corrected chi connectivity index (χ0v) is 12.5. The normalized spacial score (nSPS) is 18.0. The fraction of sp³-hybridized carbons (Fsp3) is 0.250. The summed E-state index contributed by atoms with van der Waals surface area (Å²) in [5.74, 6) is 0.395. The maximum absolute atomic E-state index is 13.8. The summed E-state index contributed by atoms with van der Waals surface area (Å²) < 4.78 is 20.7. The van der Waals surface area contributed by atoms with Gasteiger partial charge in [-0.25, -0.2) is 4.39 Å². The molecular formula is C16H15BrFNO. The van der Waals surface area contributed by atoms with Gasteiger partial charge in [0.25, 0.3) is 0 Å². The van der Waals surface area contributed by atoms with E-state index >= 15 is 0 Å². The molecule has 1 aliphatic heterocycles. The monoisotopic (exact) mass is 335 g/mol. The van der Waals surface area contributed by atoms with Crippen molar-refractivity contribution in [1.29, 1.82) is 0 Å². The number of hydrogen-bond donors (Lipinski definition) is 1. The maximum atomic E-state index is 13.8. The third-order valence-electron chi connectivity index (χ3n) is 3.42. The predicted octanol–water partition coefficient (Wildman–Crippen LogP) is 3.68. The highest BCUT2D eigenvalue weighted by Gasteiger charge is 2.22. The minimum Gasteiger partial charge on any atom is -0.487 e. The summed E-state index contributed by atoms with van der Waals surface area (Å²) in [6.07, 6.45) is 0.799. The van der Waals surface area contributed by atoms with Gasteiger partial charge in [-0.05, 0) is 33.6 Å². The van der Waals surface area contributed by atoms with Gasteiger partial charge in [0.05, 0.1) is 4.47 Å². The lowest BCUT2D eigenvalue weighted by atomic mass is 10.1. The van der Waals surface area contributed by atoms with E-state index in [0.29, 0.717) is 24.4 Å². The lowest BCUT2D eigenvalue weighted by Gasteiger charge is -2.18. The minimum atomic E-state index is -0.226. The van der Waals surface area contributed by atoms with Gasteiger partial charge in [-0.2, -0.15) is 0 Å². The van der Waals surface area contributed by atoms with Crippen LogP contribution < -0.4 is 10.1 Å². The van der Waals surface area contributed by atoms with E-state index in [1.807, 2.05) is 18.2 Å². The molecule has 1 N–H and O–H groups in total. The Hall–Kier alpha value is -1.39. The summed E-state index contributed by atoms with van der Waals surface area (Å²) in [4.78, 5) is 0. The van der Waals surface area contributed by atoms with Crippen LogP contribution in [0.15, 0.2) is 46.9 Å². The molecule has 1 atom stereocenters. The van der Waals surface area contributed by atoms with Crippen LogP contribution in [0, 0.1) is 5.82 Å². The average Bonchev–Trinajstić information content (AvgIpc) is 2.67. The van der Waals surface area contributed by atoms with Gasteiger partial charge in [0.15, 0.2) is 0 Å². The van der Waals surface area contributed by atoms with Gasteiger partial charge in [-0.1, -0.05) is 30.3 Å². The number of nitrogens with one attached hydrogen (secondary N) is 1. The minimum absolute atomic E-state index is 0.00301. The molecule has 20 heavy (non-hydrogen) atoms. The summed E-state index contributed by atoms with van der Waals surface area (Å²) in [6.45, 7) is 1.20. The van der Waals surface area contributed by atoms with Crippen molar-refractivity contribution in [3.63, 3.8) is 0 Å². The van der Waals surface area contributed by atoms with Crippen LogP contribution in [0.25, 0.3) is 0 Å². The van der Waals surface area contributed by atoms with E-state index < -0.39 is 0 Å². The molecule has 2 aromatic carbocycles. The number of rotatable bonds is 2. The fourth-order valence-electron chi connectivity index (χ4n) is 2.42. The first-order valence-electron chi connectivity index (χ1n) is 6.62. The van der Waals surface area contributed by atoms with E-state index in [1.54, 1.807) is 6.07 Å². The van der Waals surface area contributed by atoms with Crippen LogP contribution >= 0.6 is 15.9 Å². The van der Waals surface area contributed by atoms with Crippen LogP contribution in [0.4, 0.5) is 4.39 Å². The van der Waals surface area contributed by atoms with Crippen molar-refractivity contribution in [2.45, 2.75) is 19.1 Å². The molecule has 0 spiro atoms. The highest BCUT2D eigenvalue weighted by atomic mass is 79.9. The maximum Gasteiger partial charge on any atom is 0.141 e. The van der Waals surface area contributed by atoms with Crippen molar-refractivity contribution >= 4 is 15.9 Å². The largest absolute Gasteiger partial charge is 0.487 e. The molecule has 2 nitrogen and oxygen atoms in total. The molecule has 0 aliphatic carbocycles. The Morgan fingerprint density at radius 1 is 1.20 bits per heavy atom. The predicted molar refractivity (Wildman–Crippen MR) is 80.4 cm³/mol. The van der Waals surface area contributed by atoms with Gasteiger partial charge in [-0.15, -0.1) is 0 Å². The van der Waals surface area contributed by atoms with Crippen LogP contribution in [0.3, 0.4) is 0 Å². The Bertz CT molecular complexity index is 603. The molecule has 3 rings (SSSR count). The standard InChI is InChI=1S/C16H15BrFNO/c17-14-6-7-15(18)13-10-19-9-12(20-16(13)14)8-11-4-2-1-3-5-11/h1-7,12,19H,8-10H2. The van der Waals surface area contributed by atoms with Gasteiger partial charge in [0.2, 0.25) is 0 Å². The van der Waals surface area contributed by atoms with Gasteiger partial charge in [0, 0.05) is 25.1 Å². The van der Waals surface area contributed by atoms with Crippen LogP contribution in [-0.4, -0.2) is 12.6 Å². The fourth-order valence-corrected chi connectivity index (χ4v) is 2.89. The first kappa shape index (κ1) is 13.6. The molecule has 0 saturated carbocycles.